The van der Waals surface area contributed by atoms with E-state index in [0.29, 0.717) is 19.3 Å². The molecular weight excluding hydrogens is 961 g/mol. The summed E-state index contributed by atoms with van der Waals surface area (Å²) < 4.78 is 16.9. The van der Waals surface area contributed by atoms with Gasteiger partial charge in [-0.1, -0.05) is 324 Å². The number of esters is 3. The fourth-order valence-corrected chi connectivity index (χ4v) is 9.66. The molecule has 450 valence electrons. The Kier molecular flexibility index (Phi) is 63.2. The van der Waals surface area contributed by atoms with E-state index in [1.54, 1.807) is 0 Å². The summed E-state index contributed by atoms with van der Waals surface area (Å²) in [5.74, 6) is -0.857. The lowest BCUT2D eigenvalue weighted by Crippen LogP contribution is -2.30. The average molecular weight is 1090 g/mol. The summed E-state index contributed by atoms with van der Waals surface area (Å²) in [6.07, 6.45) is 87.4. The lowest BCUT2D eigenvalue weighted by molar-refractivity contribution is -0.167. The number of carbonyl (C=O) groups is 3. The lowest BCUT2D eigenvalue weighted by atomic mass is 10.0. The van der Waals surface area contributed by atoms with Gasteiger partial charge in [-0.3, -0.25) is 14.4 Å². The summed E-state index contributed by atoms with van der Waals surface area (Å²) in [5.41, 5.74) is 0. The van der Waals surface area contributed by atoms with Crippen molar-refractivity contribution in [3.63, 3.8) is 0 Å². The summed E-state index contributed by atoms with van der Waals surface area (Å²) in [6.45, 7) is 6.56. The normalized spacial score (nSPS) is 12.6. The van der Waals surface area contributed by atoms with Crippen LogP contribution < -0.4 is 0 Å². The molecular formula is C72H126O6. The van der Waals surface area contributed by atoms with E-state index in [9.17, 15) is 14.4 Å². The van der Waals surface area contributed by atoms with Crippen molar-refractivity contribution in [3.8, 4) is 0 Å². The average Bonchev–Trinajstić information content (AvgIpc) is 3.44. The third-order valence-corrected chi connectivity index (χ3v) is 14.7. The minimum Gasteiger partial charge on any atom is -0.462 e. The van der Waals surface area contributed by atoms with Gasteiger partial charge in [-0.25, -0.2) is 0 Å². The van der Waals surface area contributed by atoms with E-state index in [2.05, 4.69) is 106 Å². The Hall–Kier alpha value is -3.41. The van der Waals surface area contributed by atoms with Crippen LogP contribution in [0, 0.1) is 0 Å². The van der Waals surface area contributed by atoms with E-state index in [1.165, 1.54) is 193 Å². The van der Waals surface area contributed by atoms with Gasteiger partial charge in [-0.05, 0) is 77.0 Å². The van der Waals surface area contributed by atoms with Crippen LogP contribution in [0.3, 0.4) is 0 Å². The largest absolute Gasteiger partial charge is 0.462 e. The maximum Gasteiger partial charge on any atom is 0.306 e. The molecule has 0 aliphatic heterocycles. The zero-order chi connectivity index (χ0) is 56.4. The molecule has 0 fully saturated rings. The smallest absolute Gasteiger partial charge is 0.306 e. The Balaban J connectivity index is 4.17. The molecule has 0 heterocycles. The predicted molar refractivity (Wildman–Crippen MR) is 339 cm³/mol. The van der Waals surface area contributed by atoms with Crippen molar-refractivity contribution in [2.45, 2.75) is 341 Å². The van der Waals surface area contributed by atoms with E-state index in [4.69, 9.17) is 14.2 Å². The third-order valence-electron chi connectivity index (χ3n) is 14.7. The van der Waals surface area contributed by atoms with Crippen LogP contribution in [-0.2, 0) is 28.6 Å². The topological polar surface area (TPSA) is 78.9 Å². The maximum atomic E-state index is 12.9. The zero-order valence-corrected chi connectivity index (χ0v) is 51.7. The molecule has 0 N–H and O–H groups in total. The minimum absolute atomic E-state index is 0.0709. The first-order valence-corrected chi connectivity index (χ1v) is 33.6. The summed E-state index contributed by atoms with van der Waals surface area (Å²) >= 11 is 0. The molecule has 0 aromatic carbocycles. The first-order chi connectivity index (χ1) is 38.5. The van der Waals surface area contributed by atoms with E-state index in [1.807, 2.05) is 0 Å². The molecule has 0 spiro atoms. The quantitative estimate of drug-likeness (QED) is 0.0261. The maximum absolute atomic E-state index is 12.9. The molecule has 6 heteroatoms. The molecule has 0 aromatic rings. The van der Waals surface area contributed by atoms with Gasteiger partial charge in [-0.15, -0.1) is 0 Å². The minimum atomic E-state index is -0.773. The number of hydrogen-bond acceptors (Lipinski definition) is 6. The second-order valence-corrected chi connectivity index (χ2v) is 22.4. The van der Waals surface area contributed by atoms with Gasteiger partial charge in [0.05, 0.1) is 0 Å². The lowest BCUT2D eigenvalue weighted by Gasteiger charge is -2.18. The predicted octanol–water partition coefficient (Wildman–Crippen LogP) is 23.1. The highest BCUT2D eigenvalue weighted by atomic mass is 16.6. The molecule has 0 saturated heterocycles. The number of hydrogen-bond donors (Lipinski definition) is 0. The highest BCUT2D eigenvalue weighted by Gasteiger charge is 2.19. The standard InChI is InChI=1S/C72H126O6/c1-4-7-10-13-16-19-22-24-26-28-29-30-31-32-33-34-35-36-37-38-39-40-41-42-43-44-46-47-50-53-56-59-62-65-71(74)77-68-69(67-76-70(73)64-61-58-55-52-49-21-18-15-12-9-6-3)78-72(75)66-63-60-57-54-51-48-45-27-25-23-20-17-14-11-8-5-2/h7,10,16,19,24,26,29-30,32-33,35-36,38-39,69H,4-6,8-9,11-15,17-18,20-23,25,27-28,31,34,37,40-68H2,1-3H3/b10-7-,19-16-,26-24-,30-29-,33-32-,36-35-,39-38-. The van der Waals surface area contributed by atoms with Crippen LogP contribution in [0.15, 0.2) is 85.1 Å². The fourth-order valence-electron chi connectivity index (χ4n) is 9.66. The Morgan fingerprint density at radius 1 is 0.269 bits per heavy atom. The van der Waals surface area contributed by atoms with Gasteiger partial charge in [-0.2, -0.15) is 0 Å². The third kappa shape index (κ3) is 63.4. The molecule has 0 radical (unpaired) electrons. The monoisotopic (exact) mass is 1090 g/mol. The second kappa shape index (κ2) is 66.1. The summed E-state index contributed by atoms with van der Waals surface area (Å²) in [4.78, 5) is 38.3. The van der Waals surface area contributed by atoms with Crippen LogP contribution in [0.1, 0.15) is 335 Å². The van der Waals surface area contributed by atoms with Gasteiger partial charge in [0, 0.05) is 19.3 Å². The van der Waals surface area contributed by atoms with Gasteiger partial charge in [0.15, 0.2) is 6.10 Å². The summed E-state index contributed by atoms with van der Waals surface area (Å²) in [5, 5.41) is 0. The number of ether oxygens (including phenoxy) is 3. The molecule has 6 nitrogen and oxygen atoms in total. The van der Waals surface area contributed by atoms with Crippen molar-refractivity contribution < 1.29 is 28.6 Å². The highest BCUT2D eigenvalue weighted by Crippen LogP contribution is 2.17. The van der Waals surface area contributed by atoms with Crippen LogP contribution in [-0.4, -0.2) is 37.2 Å². The number of allylic oxidation sites excluding steroid dienone is 14. The van der Waals surface area contributed by atoms with Crippen LogP contribution in [0.2, 0.25) is 0 Å². The molecule has 1 unspecified atom stereocenters. The van der Waals surface area contributed by atoms with Gasteiger partial charge in [0.2, 0.25) is 0 Å². The van der Waals surface area contributed by atoms with Crippen LogP contribution in [0.4, 0.5) is 0 Å². The van der Waals surface area contributed by atoms with E-state index < -0.39 is 6.10 Å². The Morgan fingerprint density at radius 3 is 0.782 bits per heavy atom. The second-order valence-electron chi connectivity index (χ2n) is 22.4. The molecule has 78 heavy (non-hydrogen) atoms. The van der Waals surface area contributed by atoms with E-state index >= 15 is 0 Å². The molecule has 0 aromatic heterocycles. The van der Waals surface area contributed by atoms with Crippen molar-refractivity contribution >= 4 is 17.9 Å². The first kappa shape index (κ1) is 74.6. The van der Waals surface area contributed by atoms with Crippen molar-refractivity contribution in [1.82, 2.24) is 0 Å². The zero-order valence-electron chi connectivity index (χ0n) is 51.7. The summed E-state index contributed by atoms with van der Waals surface area (Å²) in [6, 6.07) is 0. The number of carbonyl (C=O) groups excluding carboxylic acids is 3. The first-order valence-electron chi connectivity index (χ1n) is 33.6. The van der Waals surface area contributed by atoms with Gasteiger partial charge < -0.3 is 14.2 Å². The number of unbranched alkanes of at least 4 members (excludes halogenated alkanes) is 36. The highest BCUT2D eigenvalue weighted by molar-refractivity contribution is 5.71. The van der Waals surface area contributed by atoms with Crippen LogP contribution in [0.5, 0.6) is 0 Å². The molecule has 0 amide bonds. The summed E-state index contributed by atoms with van der Waals surface area (Å²) in [7, 11) is 0. The van der Waals surface area contributed by atoms with E-state index in [0.717, 1.165) is 103 Å². The van der Waals surface area contributed by atoms with Crippen LogP contribution >= 0.6 is 0 Å². The van der Waals surface area contributed by atoms with Gasteiger partial charge in [0.1, 0.15) is 13.2 Å². The van der Waals surface area contributed by atoms with Gasteiger partial charge >= 0.3 is 17.9 Å². The molecule has 0 saturated carbocycles. The SMILES string of the molecule is CC/C=C\C/C=C\C/C=C\C/C=C\C/C=C\C/C=C\C/C=C\CCCCCCCCCCCCCC(=O)OCC(COC(=O)CCCCCCCCCCCCC)OC(=O)CCCCCCCCCCCCCCCCCC. The van der Waals surface area contributed by atoms with Crippen molar-refractivity contribution in [3.05, 3.63) is 85.1 Å². The number of rotatable bonds is 61. The van der Waals surface area contributed by atoms with Crippen LogP contribution in [0.25, 0.3) is 0 Å². The molecule has 0 aliphatic rings. The van der Waals surface area contributed by atoms with Crippen molar-refractivity contribution in [2.75, 3.05) is 13.2 Å². The molecule has 0 rings (SSSR count). The Labute approximate surface area is 484 Å². The molecule has 0 bridgehead atoms. The fraction of sp³-hybridized carbons (Fsp3) is 0.764. The van der Waals surface area contributed by atoms with Crippen molar-refractivity contribution in [2.24, 2.45) is 0 Å². The molecule has 1 atom stereocenters. The Morgan fingerprint density at radius 2 is 0.500 bits per heavy atom. The van der Waals surface area contributed by atoms with Gasteiger partial charge in [0.25, 0.3) is 0 Å². The molecule has 0 aliphatic carbocycles. The van der Waals surface area contributed by atoms with Crippen molar-refractivity contribution in [1.29, 1.82) is 0 Å². The Bertz CT molecular complexity index is 1480. The van der Waals surface area contributed by atoms with E-state index in [-0.39, 0.29) is 31.1 Å².